The van der Waals surface area contributed by atoms with Gasteiger partial charge in [-0.2, -0.15) is 18.4 Å². The normalized spacial score (nSPS) is 13.8. The first-order chi connectivity index (χ1) is 18.5. The fourth-order valence-corrected chi connectivity index (χ4v) is 4.92. The number of hydrogen-bond acceptors (Lipinski definition) is 7. The Morgan fingerprint density at radius 1 is 1.26 bits per heavy atom. The number of amides is 1. The summed E-state index contributed by atoms with van der Waals surface area (Å²) in [5.41, 5.74) is -1.56. The van der Waals surface area contributed by atoms with Gasteiger partial charge < -0.3 is 9.64 Å². The number of nitrogens with zero attached hydrogens (tertiary/aromatic N) is 4. The predicted molar refractivity (Wildman–Crippen MR) is 138 cm³/mol. The Kier molecular flexibility index (Phi) is 8.44. The zero-order valence-corrected chi connectivity index (χ0v) is 21.8. The number of benzene rings is 2. The standard InChI is InChI=1S/C26H19ClF4N4O3S/c1-34(24-20(28)3-2-4-21(24)38-8-7-35-13-23(36)39-14-35)25(37)15-5-6-19(27)17(9-15)18-12-33-22(26(29,30)31)10-16(18)11-32/h2-6,9-10,12H,7-8,13-14H2,1H3. The number of thioether (sulfide) groups is 1. The number of halogens is 5. The minimum absolute atomic E-state index is 0.00118. The molecule has 1 fully saturated rings. The lowest BCUT2D eigenvalue weighted by atomic mass is 9.99. The SMILES string of the molecule is CN(C(=O)c1ccc(Cl)c(-c2cnc(C(F)(F)F)cc2C#N)c1)c1c(F)cccc1OCCN1CSC(=O)C1. The van der Waals surface area contributed by atoms with E-state index in [1.165, 1.54) is 55.2 Å². The molecule has 1 saturated heterocycles. The van der Waals surface area contributed by atoms with Crippen molar-refractivity contribution in [2.45, 2.75) is 6.18 Å². The number of anilines is 1. The Hall–Kier alpha value is -3.66. The molecule has 7 nitrogen and oxygen atoms in total. The third kappa shape index (κ3) is 6.33. The van der Waals surface area contributed by atoms with Gasteiger partial charge in [0.15, 0.2) is 5.82 Å². The largest absolute Gasteiger partial charge is 0.490 e. The van der Waals surface area contributed by atoms with E-state index < -0.39 is 23.6 Å². The van der Waals surface area contributed by atoms with E-state index in [-0.39, 0.29) is 50.4 Å². The third-order valence-electron chi connectivity index (χ3n) is 5.83. The number of hydrogen-bond donors (Lipinski definition) is 0. The van der Waals surface area contributed by atoms with Crippen molar-refractivity contribution in [2.75, 3.05) is 37.5 Å². The van der Waals surface area contributed by atoms with Gasteiger partial charge >= 0.3 is 6.18 Å². The van der Waals surface area contributed by atoms with E-state index >= 15 is 0 Å². The summed E-state index contributed by atoms with van der Waals surface area (Å²) >= 11 is 7.48. The number of para-hydroxylation sites is 1. The highest BCUT2D eigenvalue weighted by Gasteiger charge is 2.33. The lowest BCUT2D eigenvalue weighted by Crippen LogP contribution is -2.29. The third-order valence-corrected chi connectivity index (χ3v) is 7.11. The van der Waals surface area contributed by atoms with Gasteiger partial charge in [0.25, 0.3) is 5.91 Å². The second kappa shape index (κ2) is 11.6. The van der Waals surface area contributed by atoms with Gasteiger partial charge in [0.1, 0.15) is 23.7 Å². The lowest BCUT2D eigenvalue weighted by molar-refractivity contribution is -0.141. The van der Waals surface area contributed by atoms with Gasteiger partial charge in [-0.15, -0.1) is 0 Å². The fourth-order valence-electron chi connectivity index (χ4n) is 3.88. The van der Waals surface area contributed by atoms with Gasteiger partial charge in [-0.25, -0.2) is 4.39 Å². The van der Waals surface area contributed by atoms with Gasteiger partial charge in [-0.05, 0) is 36.4 Å². The smallest absolute Gasteiger partial charge is 0.433 e. The van der Waals surface area contributed by atoms with Crippen LogP contribution in [0.15, 0.2) is 48.7 Å². The highest BCUT2D eigenvalue weighted by atomic mass is 35.5. The summed E-state index contributed by atoms with van der Waals surface area (Å²) in [7, 11) is 1.35. The van der Waals surface area contributed by atoms with E-state index in [1.54, 1.807) is 6.07 Å². The number of nitriles is 1. The molecule has 0 N–H and O–H groups in total. The van der Waals surface area contributed by atoms with E-state index in [2.05, 4.69) is 4.98 Å². The minimum Gasteiger partial charge on any atom is -0.490 e. The van der Waals surface area contributed by atoms with E-state index in [0.29, 0.717) is 25.0 Å². The molecular formula is C26H19ClF4N4O3S. The van der Waals surface area contributed by atoms with Crippen molar-refractivity contribution in [2.24, 2.45) is 0 Å². The van der Waals surface area contributed by atoms with Crippen LogP contribution < -0.4 is 9.64 Å². The van der Waals surface area contributed by atoms with Crippen molar-refractivity contribution in [3.8, 4) is 22.9 Å². The Bertz CT molecular complexity index is 1480. The summed E-state index contributed by atoms with van der Waals surface area (Å²) in [4.78, 5) is 31.1. The Morgan fingerprint density at radius 2 is 2.03 bits per heavy atom. The van der Waals surface area contributed by atoms with Crippen molar-refractivity contribution in [3.63, 3.8) is 0 Å². The average molecular weight is 579 g/mol. The van der Waals surface area contributed by atoms with Crippen LogP contribution in [0.4, 0.5) is 23.2 Å². The van der Waals surface area contributed by atoms with Gasteiger partial charge in [-0.1, -0.05) is 29.4 Å². The number of carbonyl (C=O) groups excluding carboxylic acids is 2. The molecule has 202 valence electrons. The molecule has 0 bridgehead atoms. The maximum Gasteiger partial charge on any atom is 0.433 e. The maximum atomic E-state index is 14.9. The monoisotopic (exact) mass is 578 g/mol. The molecule has 2 heterocycles. The van der Waals surface area contributed by atoms with Crippen LogP contribution >= 0.6 is 23.4 Å². The average Bonchev–Trinajstić information content (AvgIpc) is 3.32. The number of rotatable bonds is 7. The van der Waals surface area contributed by atoms with Crippen LogP contribution in [0.3, 0.4) is 0 Å². The summed E-state index contributed by atoms with van der Waals surface area (Å²) in [5, 5.41) is 9.58. The molecule has 0 aliphatic carbocycles. The Morgan fingerprint density at radius 3 is 2.69 bits per heavy atom. The van der Waals surface area contributed by atoms with Crippen LogP contribution in [0.25, 0.3) is 11.1 Å². The summed E-state index contributed by atoms with van der Waals surface area (Å²) in [6, 6.07) is 10.4. The highest BCUT2D eigenvalue weighted by Crippen LogP contribution is 2.36. The van der Waals surface area contributed by atoms with Crippen LogP contribution in [-0.4, -0.2) is 53.5 Å². The van der Waals surface area contributed by atoms with Crippen molar-refractivity contribution in [3.05, 3.63) is 76.3 Å². The zero-order valence-electron chi connectivity index (χ0n) is 20.3. The van der Waals surface area contributed by atoms with Crippen molar-refractivity contribution >= 4 is 40.1 Å². The molecule has 0 radical (unpaired) electrons. The van der Waals surface area contributed by atoms with Crippen LogP contribution in [-0.2, 0) is 11.0 Å². The molecule has 1 aliphatic heterocycles. The molecule has 1 aromatic heterocycles. The summed E-state index contributed by atoms with van der Waals surface area (Å²) in [6.07, 6.45) is -3.88. The van der Waals surface area contributed by atoms with Crippen LogP contribution in [0.5, 0.6) is 5.75 Å². The van der Waals surface area contributed by atoms with E-state index in [1.807, 2.05) is 4.90 Å². The summed E-state index contributed by atoms with van der Waals surface area (Å²) in [5.74, 6) is -0.736. The molecule has 4 rings (SSSR count). The van der Waals surface area contributed by atoms with Gasteiger partial charge in [0.2, 0.25) is 5.12 Å². The first-order valence-corrected chi connectivity index (χ1v) is 12.7. The molecule has 0 spiro atoms. The second-order valence-electron chi connectivity index (χ2n) is 8.42. The predicted octanol–water partition coefficient (Wildman–Crippen LogP) is 5.62. The van der Waals surface area contributed by atoms with E-state index in [0.717, 1.165) is 11.1 Å². The van der Waals surface area contributed by atoms with Crippen molar-refractivity contribution in [1.29, 1.82) is 5.26 Å². The summed E-state index contributed by atoms with van der Waals surface area (Å²) in [6.45, 7) is 0.869. The van der Waals surface area contributed by atoms with Gasteiger partial charge in [0.05, 0.1) is 24.1 Å². The highest BCUT2D eigenvalue weighted by molar-refractivity contribution is 8.14. The minimum atomic E-state index is -4.75. The molecule has 39 heavy (non-hydrogen) atoms. The topological polar surface area (TPSA) is 86.5 Å². The van der Waals surface area contributed by atoms with Crippen LogP contribution in [0.1, 0.15) is 21.6 Å². The molecule has 13 heteroatoms. The van der Waals surface area contributed by atoms with Crippen LogP contribution in [0, 0.1) is 17.1 Å². The van der Waals surface area contributed by atoms with Crippen molar-refractivity contribution < 1.29 is 31.9 Å². The second-order valence-corrected chi connectivity index (χ2v) is 9.83. The summed E-state index contributed by atoms with van der Waals surface area (Å²) < 4.78 is 59.9. The lowest BCUT2D eigenvalue weighted by Gasteiger charge is -2.22. The molecular weight excluding hydrogens is 560 g/mol. The molecule has 0 atom stereocenters. The van der Waals surface area contributed by atoms with Gasteiger partial charge in [0, 0.05) is 41.5 Å². The number of alkyl halides is 3. The quantitative estimate of drug-likeness (QED) is 0.336. The molecule has 0 saturated carbocycles. The van der Waals surface area contributed by atoms with Crippen LogP contribution in [0.2, 0.25) is 5.02 Å². The number of carbonyl (C=O) groups is 2. The molecule has 3 aromatic rings. The Labute approximate surface area is 229 Å². The number of aromatic nitrogens is 1. The maximum absolute atomic E-state index is 14.9. The molecule has 0 unspecified atom stereocenters. The number of ether oxygens (including phenoxy) is 1. The Balaban J connectivity index is 1.61. The molecule has 2 aromatic carbocycles. The van der Waals surface area contributed by atoms with E-state index in [4.69, 9.17) is 16.3 Å². The van der Waals surface area contributed by atoms with Gasteiger partial charge in [-0.3, -0.25) is 19.5 Å². The molecule has 1 aliphatic rings. The molecule has 1 amide bonds. The zero-order chi connectivity index (χ0) is 28.3. The van der Waals surface area contributed by atoms with Crippen molar-refractivity contribution in [1.82, 2.24) is 9.88 Å². The number of pyridine rings is 1. The fraction of sp³-hybridized carbons (Fsp3) is 0.231. The first kappa shape index (κ1) is 28.4. The van der Waals surface area contributed by atoms with E-state index in [9.17, 15) is 32.4 Å². The first-order valence-electron chi connectivity index (χ1n) is 11.3.